The number of H-pyrrole nitrogens is 1. The summed E-state index contributed by atoms with van der Waals surface area (Å²) in [5, 5.41) is 9.12. The molecule has 0 atom stereocenters. The van der Waals surface area contributed by atoms with Gasteiger partial charge in [-0.25, -0.2) is 0 Å². The Balaban J connectivity index is 2.20. The predicted molar refractivity (Wildman–Crippen MR) is 78.3 cm³/mol. The molecule has 2 heterocycles. The van der Waals surface area contributed by atoms with E-state index >= 15 is 0 Å². The van der Waals surface area contributed by atoms with Crippen molar-refractivity contribution >= 4 is 17.2 Å². The lowest BCUT2D eigenvalue weighted by Gasteiger charge is -2.05. The summed E-state index contributed by atoms with van der Waals surface area (Å²) in [5.74, 6) is 1.32. The molecular formula is C14H13N3OS. The number of methoxy groups -OCH3 is 1. The zero-order valence-electron chi connectivity index (χ0n) is 10.4. The first-order valence-electron chi connectivity index (χ1n) is 5.82. The van der Waals surface area contributed by atoms with E-state index in [1.54, 1.807) is 18.4 Å². The van der Waals surface area contributed by atoms with Gasteiger partial charge in [-0.1, -0.05) is 30.3 Å². The predicted octanol–water partition coefficient (Wildman–Crippen LogP) is 3.40. The fraction of sp³-hybridized carbons (Fsp3) is 0.0714. The number of nitrogens with one attached hydrogen (secondary N) is 1. The first kappa shape index (κ1) is 11.8. The van der Waals surface area contributed by atoms with Gasteiger partial charge in [0.05, 0.1) is 23.2 Å². The smallest absolute Gasteiger partial charge is 0.153 e. The molecule has 0 spiro atoms. The Morgan fingerprint density at radius 2 is 2.00 bits per heavy atom. The first-order chi connectivity index (χ1) is 9.31. The minimum absolute atomic E-state index is 0.497. The molecule has 1 aromatic carbocycles. The Labute approximate surface area is 114 Å². The van der Waals surface area contributed by atoms with Gasteiger partial charge in [-0.3, -0.25) is 5.10 Å². The largest absolute Gasteiger partial charge is 0.495 e. The number of hydrogen-bond acceptors (Lipinski definition) is 4. The second-order valence-electron chi connectivity index (χ2n) is 4.04. The minimum atomic E-state index is 0.497. The van der Waals surface area contributed by atoms with Crippen LogP contribution in [0.5, 0.6) is 5.75 Å². The summed E-state index contributed by atoms with van der Waals surface area (Å²) >= 11 is 1.60. The topological polar surface area (TPSA) is 63.9 Å². The standard InChI is InChI=1S/C14H13N3OS/c1-18-10-7-8-19-13(10)12-11(14(15)17-16-12)9-5-3-2-4-6-9/h2-8H,1H3,(H3,15,16,17). The van der Waals surface area contributed by atoms with Crippen LogP contribution in [0.3, 0.4) is 0 Å². The van der Waals surface area contributed by atoms with Crippen molar-refractivity contribution in [1.29, 1.82) is 0 Å². The van der Waals surface area contributed by atoms with Crippen LogP contribution in [0.2, 0.25) is 0 Å². The Morgan fingerprint density at radius 3 is 2.74 bits per heavy atom. The maximum atomic E-state index is 5.99. The number of anilines is 1. The zero-order chi connectivity index (χ0) is 13.2. The summed E-state index contributed by atoms with van der Waals surface area (Å²) < 4.78 is 5.36. The van der Waals surface area contributed by atoms with Crippen molar-refractivity contribution in [2.45, 2.75) is 0 Å². The summed E-state index contributed by atoms with van der Waals surface area (Å²) in [6.07, 6.45) is 0. The van der Waals surface area contributed by atoms with Gasteiger partial charge in [0.1, 0.15) is 5.75 Å². The number of nitrogens with zero attached hydrogens (tertiary/aromatic N) is 1. The van der Waals surface area contributed by atoms with Crippen molar-refractivity contribution in [2.75, 3.05) is 12.8 Å². The molecule has 19 heavy (non-hydrogen) atoms. The van der Waals surface area contributed by atoms with Crippen molar-refractivity contribution in [3.05, 3.63) is 41.8 Å². The number of aromatic amines is 1. The molecule has 0 saturated carbocycles. The maximum Gasteiger partial charge on any atom is 0.153 e. The molecule has 96 valence electrons. The summed E-state index contributed by atoms with van der Waals surface area (Å²) in [5.41, 5.74) is 8.85. The Bertz CT molecular complexity index is 688. The highest BCUT2D eigenvalue weighted by atomic mass is 32.1. The van der Waals surface area contributed by atoms with Crippen LogP contribution >= 0.6 is 11.3 Å². The van der Waals surface area contributed by atoms with Crippen LogP contribution in [-0.2, 0) is 0 Å². The summed E-state index contributed by atoms with van der Waals surface area (Å²) in [6, 6.07) is 11.9. The van der Waals surface area contributed by atoms with E-state index in [-0.39, 0.29) is 0 Å². The Morgan fingerprint density at radius 1 is 1.21 bits per heavy atom. The zero-order valence-corrected chi connectivity index (χ0v) is 11.2. The van der Waals surface area contributed by atoms with Crippen molar-refractivity contribution < 1.29 is 4.74 Å². The molecule has 0 radical (unpaired) electrons. The molecule has 3 aromatic rings. The number of aromatic nitrogens is 2. The summed E-state index contributed by atoms with van der Waals surface area (Å²) in [6.45, 7) is 0. The minimum Gasteiger partial charge on any atom is -0.495 e. The van der Waals surface area contributed by atoms with Gasteiger partial charge in [-0.15, -0.1) is 11.3 Å². The van der Waals surface area contributed by atoms with E-state index in [4.69, 9.17) is 10.5 Å². The Hall–Kier alpha value is -2.27. The van der Waals surface area contributed by atoms with E-state index in [1.165, 1.54) is 0 Å². The molecule has 5 heteroatoms. The van der Waals surface area contributed by atoms with Gasteiger partial charge in [-0.05, 0) is 17.0 Å². The number of thiophene rings is 1. The first-order valence-corrected chi connectivity index (χ1v) is 6.70. The molecule has 0 amide bonds. The van der Waals surface area contributed by atoms with Crippen LogP contribution in [-0.4, -0.2) is 17.3 Å². The molecule has 4 nitrogen and oxygen atoms in total. The maximum absolute atomic E-state index is 5.99. The highest BCUT2D eigenvalue weighted by Crippen LogP contribution is 2.41. The second-order valence-corrected chi connectivity index (χ2v) is 4.96. The van der Waals surface area contributed by atoms with E-state index in [1.807, 2.05) is 41.8 Å². The second kappa shape index (κ2) is 4.78. The fourth-order valence-corrected chi connectivity index (χ4v) is 2.92. The highest BCUT2D eigenvalue weighted by molar-refractivity contribution is 7.14. The number of nitrogen functional groups attached to an aromatic ring is 1. The molecule has 0 bridgehead atoms. The monoisotopic (exact) mass is 271 g/mol. The van der Waals surface area contributed by atoms with Crippen LogP contribution in [0.1, 0.15) is 0 Å². The number of hydrogen-bond donors (Lipinski definition) is 2. The van der Waals surface area contributed by atoms with E-state index in [0.29, 0.717) is 5.82 Å². The normalized spacial score (nSPS) is 10.6. The van der Waals surface area contributed by atoms with Crippen LogP contribution < -0.4 is 10.5 Å². The molecule has 3 N–H and O–H groups in total. The molecule has 0 aliphatic rings. The van der Waals surface area contributed by atoms with E-state index in [0.717, 1.165) is 27.4 Å². The van der Waals surface area contributed by atoms with Gasteiger partial charge in [0.2, 0.25) is 0 Å². The van der Waals surface area contributed by atoms with E-state index < -0.39 is 0 Å². The quantitative estimate of drug-likeness (QED) is 0.767. The SMILES string of the molecule is COc1ccsc1-c1[nH]nc(N)c1-c1ccccc1. The summed E-state index contributed by atoms with van der Waals surface area (Å²) in [4.78, 5) is 1.01. The van der Waals surface area contributed by atoms with Gasteiger partial charge in [0.15, 0.2) is 5.82 Å². The van der Waals surface area contributed by atoms with Crippen LogP contribution in [0, 0.1) is 0 Å². The van der Waals surface area contributed by atoms with Crippen molar-refractivity contribution in [3.63, 3.8) is 0 Å². The van der Waals surface area contributed by atoms with Crippen LogP contribution in [0.4, 0.5) is 5.82 Å². The number of nitrogens with two attached hydrogens (primary N) is 1. The number of rotatable bonds is 3. The molecule has 0 saturated heterocycles. The lowest BCUT2D eigenvalue weighted by Crippen LogP contribution is -1.88. The number of ether oxygens (including phenoxy) is 1. The number of benzene rings is 1. The van der Waals surface area contributed by atoms with Crippen molar-refractivity contribution in [2.24, 2.45) is 0 Å². The van der Waals surface area contributed by atoms with E-state index in [2.05, 4.69) is 10.2 Å². The average Bonchev–Trinajstić information content (AvgIpc) is 3.05. The third-order valence-electron chi connectivity index (χ3n) is 2.93. The van der Waals surface area contributed by atoms with Crippen molar-refractivity contribution in [3.8, 4) is 27.4 Å². The van der Waals surface area contributed by atoms with Crippen LogP contribution in [0.25, 0.3) is 21.7 Å². The highest BCUT2D eigenvalue weighted by Gasteiger charge is 2.18. The lowest BCUT2D eigenvalue weighted by atomic mass is 10.0. The van der Waals surface area contributed by atoms with Gasteiger partial charge in [0, 0.05) is 0 Å². The lowest BCUT2D eigenvalue weighted by molar-refractivity contribution is 0.418. The van der Waals surface area contributed by atoms with Crippen LogP contribution in [0.15, 0.2) is 41.8 Å². The molecule has 2 aromatic heterocycles. The molecular weight excluding hydrogens is 258 g/mol. The molecule has 0 unspecified atom stereocenters. The van der Waals surface area contributed by atoms with Gasteiger partial charge < -0.3 is 10.5 Å². The van der Waals surface area contributed by atoms with Gasteiger partial charge in [0.25, 0.3) is 0 Å². The average molecular weight is 271 g/mol. The molecule has 0 fully saturated rings. The summed E-state index contributed by atoms with van der Waals surface area (Å²) in [7, 11) is 1.66. The molecule has 0 aliphatic heterocycles. The van der Waals surface area contributed by atoms with Gasteiger partial charge in [-0.2, -0.15) is 5.10 Å². The fourth-order valence-electron chi connectivity index (χ4n) is 2.06. The van der Waals surface area contributed by atoms with Crippen molar-refractivity contribution in [1.82, 2.24) is 10.2 Å². The molecule has 0 aliphatic carbocycles. The Kier molecular flexibility index (Phi) is 2.97. The van der Waals surface area contributed by atoms with Gasteiger partial charge >= 0.3 is 0 Å². The van der Waals surface area contributed by atoms with E-state index in [9.17, 15) is 0 Å². The third kappa shape index (κ3) is 1.98. The third-order valence-corrected chi connectivity index (χ3v) is 3.85. The molecule has 3 rings (SSSR count).